The maximum Gasteiger partial charge on any atom is 0.135 e. The molecule has 0 aromatic heterocycles. The Labute approximate surface area is 131 Å². The summed E-state index contributed by atoms with van der Waals surface area (Å²) in [7, 11) is 0. The van der Waals surface area contributed by atoms with Crippen molar-refractivity contribution in [1.82, 2.24) is 0 Å². The molecule has 0 fully saturated rings. The van der Waals surface area contributed by atoms with Crippen LogP contribution in [0.25, 0.3) is 27.7 Å². The van der Waals surface area contributed by atoms with Gasteiger partial charge in [-0.25, -0.2) is 0 Å². The van der Waals surface area contributed by atoms with E-state index in [1.54, 1.807) is 0 Å². The van der Waals surface area contributed by atoms with Crippen molar-refractivity contribution in [2.24, 2.45) is 0 Å². The zero-order valence-electron chi connectivity index (χ0n) is 11.2. The number of fused-ring (bicyclic) bond motifs is 4. The third-order valence-corrected chi connectivity index (χ3v) is 4.26. The van der Waals surface area contributed by atoms with Gasteiger partial charge in [0, 0.05) is 21.3 Å². The predicted octanol–water partition coefficient (Wildman–Crippen LogP) is 5.21. The Balaban J connectivity index is 2.05. The molecule has 0 saturated carbocycles. The summed E-state index contributed by atoms with van der Waals surface area (Å²) in [6.45, 7) is 4.00. The number of anilines is 1. The molecule has 3 heteroatoms. The lowest BCUT2D eigenvalue weighted by molar-refractivity contribution is 0.514. The van der Waals surface area contributed by atoms with Crippen LogP contribution in [0.15, 0.2) is 59.6 Å². The molecule has 0 bridgehead atoms. The topological polar surface area (TPSA) is 35.2 Å². The van der Waals surface area contributed by atoms with Crippen LogP contribution in [0.4, 0.5) is 5.69 Å². The predicted molar refractivity (Wildman–Crippen MR) is 91.2 cm³/mol. The van der Waals surface area contributed by atoms with E-state index in [2.05, 4.69) is 46.8 Å². The smallest absolute Gasteiger partial charge is 0.135 e. The standard InChI is InChI=1S/C18H12BrNO/c1-10-16-9-14(20)4-5-15(16)17-7-12-6-13(19)3-2-11(12)8-18(17)21-10/h2-9H,1,20H2. The number of hydrogen-bond acceptors (Lipinski definition) is 2. The molecule has 0 unspecified atom stereocenters. The second-order valence-electron chi connectivity index (χ2n) is 5.17. The second kappa shape index (κ2) is 4.37. The number of ether oxygens (including phenoxy) is 1. The van der Waals surface area contributed by atoms with E-state index in [4.69, 9.17) is 10.5 Å². The molecule has 0 amide bonds. The average molecular weight is 338 g/mol. The molecule has 102 valence electrons. The second-order valence-corrected chi connectivity index (χ2v) is 6.09. The van der Waals surface area contributed by atoms with Crippen molar-refractivity contribution in [2.45, 2.75) is 0 Å². The minimum absolute atomic E-state index is 0.640. The Bertz CT molecular complexity index is 914. The molecule has 2 N–H and O–H groups in total. The largest absolute Gasteiger partial charge is 0.457 e. The number of hydrogen-bond donors (Lipinski definition) is 1. The lowest BCUT2D eigenvalue weighted by Crippen LogP contribution is -2.04. The van der Waals surface area contributed by atoms with Crippen molar-refractivity contribution in [3.05, 3.63) is 65.1 Å². The molecule has 0 radical (unpaired) electrons. The maximum atomic E-state index is 5.89. The third kappa shape index (κ3) is 1.93. The van der Waals surface area contributed by atoms with E-state index in [0.717, 1.165) is 32.3 Å². The van der Waals surface area contributed by atoms with Crippen LogP contribution in [0.5, 0.6) is 5.75 Å². The molecule has 0 saturated heterocycles. The van der Waals surface area contributed by atoms with E-state index < -0.39 is 0 Å². The van der Waals surface area contributed by atoms with Crippen molar-refractivity contribution in [3.8, 4) is 16.9 Å². The first-order valence-corrected chi connectivity index (χ1v) is 7.41. The number of rotatable bonds is 0. The Morgan fingerprint density at radius 2 is 1.71 bits per heavy atom. The average Bonchev–Trinajstić information content (AvgIpc) is 2.46. The van der Waals surface area contributed by atoms with E-state index >= 15 is 0 Å². The molecule has 3 aromatic carbocycles. The summed E-state index contributed by atoms with van der Waals surface area (Å²) in [5.41, 5.74) is 9.72. The fourth-order valence-electron chi connectivity index (χ4n) is 2.76. The Morgan fingerprint density at radius 1 is 0.857 bits per heavy atom. The van der Waals surface area contributed by atoms with Crippen LogP contribution in [0.1, 0.15) is 5.56 Å². The van der Waals surface area contributed by atoms with E-state index in [9.17, 15) is 0 Å². The monoisotopic (exact) mass is 337 g/mol. The first kappa shape index (κ1) is 12.5. The summed E-state index contributed by atoms with van der Waals surface area (Å²) in [6.07, 6.45) is 0. The van der Waals surface area contributed by atoms with Crippen molar-refractivity contribution >= 4 is 38.1 Å². The summed E-state index contributed by atoms with van der Waals surface area (Å²) >= 11 is 3.52. The zero-order valence-corrected chi connectivity index (χ0v) is 12.8. The van der Waals surface area contributed by atoms with Crippen molar-refractivity contribution in [3.63, 3.8) is 0 Å². The van der Waals surface area contributed by atoms with Crippen molar-refractivity contribution in [2.75, 3.05) is 5.73 Å². The first-order chi connectivity index (χ1) is 10.1. The van der Waals surface area contributed by atoms with Crippen molar-refractivity contribution in [1.29, 1.82) is 0 Å². The van der Waals surface area contributed by atoms with Crippen molar-refractivity contribution < 1.29 is 4.74 Å². The fourth-order valence-corrected chi connectivity index (χ4v) is 3.14. The summed E-state index contributed by atoms with van der Waals surface area (Å²) in [5.74, 6) is 1.48. The van der Waals surface area contributed by atoms with Gasteiger partial charge in [0.15, 0.2) is 0 Å². The van der Waals surface area contributed by atoms with Crippen LogP contribution in [0.2, 0.25) is 0 Å². The first-order valence-electron chi connectivity index (χ1n) is 6.62. The molecule has 1 heterocycles. The number of halogens is 1. The Kier molecular flexibility index (Phi) is 2.59. The Morgan fingerprint density at radius 3 is 2.57 bits per heavy atom. The van der Waals surface area contributed by atoms with Gasteiger partial charge in [0.1, 0.15) is 11.5 Å². The number of nitrogens with two attached hydrogens (primary N) is 1. The van der Waals surface area contributed by atoms with Gasteiger partial charge in [-0.3, -0.25) is 0 Å². The molecule has 0 aliphatic carbocycles. The van der Waals surface area contributed by atoms with Crippen LogP contribution in [0, 0.1) is 0 Å². The van der Waals surface area contributed by atoms with Gasteiger partial charge in [0.05, 0.1) is 0 Å². The molecular formula is C18H12BrNO. The zero-order chi connectivity index (χ0) is 14.6. The third-order valence-electron chi connectivity index (χ3n) is 3.77. The molecular weight excluding hydrogens is 326 g/mol. The molecule has 0 spiro atoms. The highest BCUT2D eigenvalue weighted by Gasteiger charge is 2.21. The molecule has 3 aromatic rings. The maximum absolute atomic E-state index is 5.89. The van der Waals surface area contributed by atoms with E-state index in [0.29, 0.717) is 11.4 Å². The highest BCUT2D eigenvalue weighted by atomic mass is 79.9. The van der Waals surface area contributed by atoms with Gasteiger partial charge < -0.3 is 10.5 Å². The van der Waals surface area contributed by atoms with E-state index in [1.165, 1.54) is 5.39 Å². The van der Waals surface area contributed by atoms with Gasteiger partial charge in [-0.05, 0) is 52.7 Å². The Hall–Kier alpha value is -2.26. The van der Waals surface area contributed by atoms with Crippen LogP contribution in [0.3, 0.4) is 0 Å². The van der Waals surface area contributed by atoms with Gasteiger partial charge >= 0.3 is 0 Å². The van der Waals surface area contributed by atoms with Crippen LogP contribution < -0.4 is 10.5 Å². The molecule has 0 atom stereocenters. The lowest BCUT2D eigenvalue weighted by atomic mass is 9.93. The quantitative estimate of drug-likeness (QED) is 0.571. The van der Waals surface area contributed by atoms with E-state index in [-0.39, 0.29) is 0 Å². The number of nitrogen functional groups attached to an aromatic ring is 1. The fraction of sp³-hybridized carbons (Fsp3) is 0. The minimum atomic E-state index is 0.640. The van der Waals surface area contributed by atoms with Crippen LogP contribution in [-0.2, 0) is 0 Å². The van der Waals surface area contributed by atoms with Crippen LogP contribution >= 0.6 is 15.9 Å². The SMILES string of the molecule is C=C1Oc2cc3ccc(Br)cc3cc2-c2ccc(N)cc21. The van der Waals surface area contributed by atoms with Gasteiger partial charge in [-0.15, -0.1) is 0 Å². The minimum Gasteiger partial charge on any atom is -0.457 e. The summed E-state index contributed by atoms with van der Waals surface area (Å²) in [4.78, 5) is 0. The van der Waals surface area contributed by atoms with E-state index in [1.807, 2.05) is 24.3 Å². The molecule has 4 rings (SSSR count). The van der Waals surface area contributed by atoms with Gasteiger partial charge in [0.2, 0.25) is 0 Å². The number of benzene rings is 3. The lowest BCUT2D eigenvalue weighted by Gasteiger charge is -2.23. The molecule has 21 heavy (non-hydrogen) atoms. The molecule has 1 aliphatic rings. The summed E-state index contributed by atoms with van der Waals surface area (Å²) in [6, 6.07) is 16.3. The van der Waals surface area contributed by atoms with Gasteiger partial charge in [0.25, 0.3) is 0 Å². The van der Waals surface area contributed by atoms with Gasteiger partial charge in [-0.1, -0.05) is 34.6 Å². The molecule has 2 nitrogen and oxygen atoms in total. The normalized spacial score (nSPS) is 12.7. The highest BCUT2D eigenvalue weighted by Crippen LogP contribution is 2.44. The van der Waals surface area contributed by atoms with Crippen LogP contribution in [-0.4, -0.2) is 0 Å². The summed E-state index contributed by atoms with van der Waals surface area (Å²) in [5, 5.41) is 2.31. The highest BCUT2D eigenvalue weighted by molar-refractivity contribution is 9.10. The van der Waals surface area contributed by atoms with Gasteiger partial charge in [-0.2, -0.15) is 0 Å². The summed E-state index contributed by atoms with van der Waals surface area (Å²) < 4.78 is 6.95. The molecule has 1 aliphatic heterocycles.